The normalized spacial score (nSPS) is 20.9. The van der Waals surface area contributed by atoms with Crippen LogP contribution >= 0.6 is 11.8 Å². The van der Waals surface area contributed by atoms with E-state index in [0.29, 0.717) is 0 Å². The van der Waals surface area contributed by atoms with Crippen LogP contribution in [0.4, 0.5) is 5.69 Å². The highest BCUT2D eigenvalue weighted by Gasteiger charge is 2.33. The highest BCUT2D eigenvalue weighted by Crippen LogP contribution is 2.24. The van der Waals surface area contributed by atoms with Gasteiger partial charge in [-0.3, -0.25) is 15.0 Å². The first kappa shape index (κ1) is 16.2. The summed E-state index contributed by atoms with van der Waals surface area (Å²) in [5.74, 6) is -1.27. The Kier molecular flexibility index (Phi) is 5.26. The van der Waals surface area contributed by atoms with Crippen molar-refractivity contribution in [2.45, 2.75) is 17.2 Å². The highest BCUT2D eigenvalue weighted by atomic mass is 32.2. The molecule has 22 heavy (non-hydrogen) atoms. The molecule has 0 unspecified atom stereocenters. The summed E-state index contributed by atoms with van der Waals surface area (Å²) in [6.45, 7) is 0. The molecule has 1 heterocycles. The van der Waals surface area contributed by atoms with Gasteiger partial charge in [-0.25, -0.2) is 0 Å². The van der Waals surface area contributed by atoms with Gasteiger partial charge in [0.15, 0.2) is 5.50 Å². The van der Waals surface area contributed by atoms with E-state index in [0.717, 1.165) is 11.3 Å². The minimum Gasteiger partial charge on any atom is -0.481 e. The lowest BCUT2D eigenvalue weighted by atomic mass is 10.2. The first-order valence-electron chi connectivity index (χ1n) is 6.69. The Hall–Kier alpha value is -2.22. The monoisotopic (exact) mass is 322 g/mol. The van der Waals surface area contributed by atoms with Crippen LogP contribution in [0.2, 0.25) is 0 Å². The molecule has 1 aromatic rings. The van der Waals surface area contributed by atoms with Gasteiger partial charge < -0.3 is 15.3 Å². The number of aliphatic carboxylic acids is 1. The third-order valence-corrected chi connectivity index (χ3v) is 4.25. The van der Waals surface area contributed by atoms with Crippen LogP contribution in [0.25, 0.3) is 0 Å². The van der Waals surface area contributed by atoms with E-state index in [1.165, 1.54) is 11.8 Å². The topological polar surface area (TPSA) is 94.0 Å². The number of nitrogens with one attached hydrogen (secondary N) is 2. The van der Waals surface area contributed by atoms with Gasteiger partial charge in [0.2, 0.25) is 5.91 Å². The maximum atomic E-state index is 11.6. The van der Waals surface area contributed by atoms with Crippen LogP contribution in [0.1, 0.15) is 12.0 Å². The van der Waals surface area contributed by atoms with Gasteiger partial charge in [0, 0.05) is 19.8 Å². The van der Waals surface area contributed by atoms with Crippen LogP contribution in [0.15, 0.2) is 29.4 Å². The molecule has 1 aliphatic rings. The maximum absolute atomic E-state index is 11.6. The molecule has 1 saturated heterocycles. The van der Waals surface area contributed by atoms with Crippen LogP contribution in [0, 0.1) is 0 Å². The van der Waals surface area contributed by atoms with E-state index in [1.807, 2.05) is 43.3 Å². The summed E-state index contributed by atoms with van der Waals surface area (Å²) >= 11 is 1.22. The van der Waals surface area contributed by atoms with Gasteiger partial charge in [-0.2, -0.15) is 5.10 Å². The molecule has 7 nitrogen and oxygen atoms in total. The van der Waals surface area contributed by atoms with E-state index < -0.39 is 16.7 Å². The predicted molar refractivity (Wildman–Crippen MR) is 87.1 cm³/mol. The Morgan fingerprint density at radius 2 is 2.14 bits per heavy atom. The van der Waals surface area contributed by atoms with E-state index in [1.54, 1.807) is 6.21 Å². The Balaban J connectivity index is 1.85. The van der Waals surface area contributed by atoms with Gasteiger partial charge >= 0.3 is 5.97 Å². The van der Waals surface area contributed by atoms with E-state index in [-0.39, 0.29) is 12.3 Å². The zero-order valence-electron chi connectivity index (χ0n) is 12.3. The van der Waals surface area contributed by atoms with Crippen LogP contribution in [0.3, 0.4) is 0 Å². The molecule has 2 atom stereocenters. The van der Waals surface area contributed by atoms with Gasteiger partial charge in [0.25, 0.3) is 0 Å². The zero-order chi connectivity index (χ0) is 16.1. The number of carbonyl (C=O) groups excluding carboxylic acids is 1. The number of hydrazone groups is 1. The molecule has 118 valence electrons. The van der Waals surface area contributed by atoms with E-state index in [4.69, 9.17) is 5.11 Å². The second-order valence-corrected chi connectivity index (χ2v) is 6.30. The predicted octanol–water partition coefficient (Wildman–Crippen LogP) is 0.666. The van der Waals surface area contributed by atoms with Gasteiger partial charge in [0.1, 0.15) is 0 Å². The molecule has 2 rings (SSSR count). The van der Waals surface area contributed by atoms with Crippen molar-refractivity contribution in [3.63, 3.8) is 0 Å². The highest BCUT2D eigenvalue weighted by molar-refractivity contribution is 8.01. The number of rotatable bonds is 6. The summed E-state index contributed by atoms with van der Waals surface area (Å²) in [6.07, 6.45) is 1.46. The standard InChI is InChI=1S/C14H18N4O3S/c1-18(2)10-5-3-9(4-6-10)8-15-17-14-16-13(21)11(22-14)7-12(19)20/h3-6,8,11,14,17H,7H2,1-2H3,(H,16,21)(H,19,20)/b15-8-/t11-,14-/m1/s1. The van der Waals surface area contributed by atoms with Crippen LogP contribution in [-0.4, -0.2) is 48.0 Å². The van der Waals surface area contributed by atoms with Crippen molar-refractivity contribution in [1.29, 1.82) is 0 Å². The molecule has 1 aromatic carbocycles. The lowest BCUT2D eigenvalue weighted by Crippen LogP contribution is -2.35. The molecule has 1 amide bonds. The summed E-state index contributed by atoms with van der Waals surface area (Å²) in [4.78, 5) is 24.2. The number of carbonyl (C=O) groups is 2. The summed E-state index contributed by atoms with van der Waals surface area (Å²) in [7, 11) is 3.94. The van der Waals surface area contributed by atoms with Crippen molar-refractivity contribution >= 4 is 35.5 Å². The van der Waals surface area contributed by atoms with Crippen molar-refractivity contribution in [2.24, 2.45) is 5.10 Å². The molecular formula is C14H18N4O3S. The number of carboxylic acids is 1. The van der Waals surface area contributed by atoms with Gasteiger partial charge in [-0.15, -0.1) is 11.8 Å². The second-order valence-electron chi connectivity index (χ2n) is 4.98. The van der Waals surface area contributed by atoms with Crippen LogP contribution in [0.5, 0.6) is 0 Å². The van der Waals surface area contributed by atoms with Gasteiger partial charge in [-0.05, 0) is 17.7 Å². The number of anilines is 1. The van der Waals surface area contributed by atoms with Gasteiger partial charge in [0.05, 0.1) is 17.9 Å². The first-order chi connectivity index (χ1) is 10.5. The molecule has 0 spiro atoms. The molecule has 1 aliphatic heterocycles. The Morgan fingerprint density at radius 3 is 2.73 bits per heavy atom. The third kappa shape index (κ3) is 4.39. The quantitative estimate of drug-likeness (QED) is 0.526. The SMILES string of the molecule is CN(C)c1ccc(/C=N\N[C@H]2NC(=O)[C@@H](CC(=O)O)S2)cc1. The largest absolute Gasteiger partial charge is 0.481 e. The average molecular weight is 322 g/mol. The summed E-state index contributed by atoms with van der Waals surface area (Å²) in [5.41, 5.74) is 4.41. The summed E-state index contributed by atoms with van der Waals surface area (Å²) in [6, 6.07) is 7.84. The van der Waals surface area contributed by atoms with Gasteiger partial charge in [-0.1, -0.05) is 12.1 Å². The molecule has 3 N–H and O–H groups in total. The minimum atomic E-state index is -0.988. The van der Waals surface area contributed by atoms with Crippen molar-refractivity contribution in [3.8, 4) is 0 Å². The Morgan fingerprint density at radius 1 is 1.45 bits per heavy atom. The number of hydrogen-bond acceptors (Lipinski definition) is 6. The molecule has 0 saturated carbocycles. The zero-order valence-corrected chi connectivity index (χ0v) is 13.1. The smallest absolute Gasteiger partial charge is 0.305 e. The Labute approximate surface area is 132 Å². The fraction of sp³-hybridized carbons (Fsp3) is 0.357. The van der Waals surface area contributed by atoms with Crippen LogP contribution < -0.4 is 15.6 Å². The Bertz CT molecular complexity index is 574. The molecular weight excluding hydrogens is 304 g/mol. The summed E-state index contributed by atoms with van der Waals surface area (Å²) in [5, 5.41) is 14.9. The first-order valence-corrected chi connectivity index (χ1v) is 7.63. The molecule has 0 bridgehead atoms. The molecule has 0 radical (unpaired) electrons. The van der Waals surface area contributed by atoms with Crippen LogP contribution in [-0.2, 0) is 9.59 Å². The number of benzene rings is 1. The fourth-order valence-electron chi connectivity index (χ4n) is 1.88. The van der Waals surface area contributed by atoms with E-state index in [2.05, 4.69) is 15.8 Å². The number of amides is 1. The molecule has 0 aromatic heterocycles. The minimum absolute atomic E-state index is 0.190. The number of hydrogen-bond donors (Lipinski definition) is 3. The lowest BCUT2D eigenvalue weighted by molar-refractivity contribution is -0.138. The number of nitrogens with zero attached hydrogens (tertiary/aromatic N) is 2. The van der Waals surface area contributed by atoms with E-state index >= 15 is 0 Å². The fourth-order valence-corrected chi connectivity index (χ4v) is 2.95. The second kappa shape index (κ2) is 7.17. The number of carboxylic acid groups (broad SMARTS) is 1. The van der Waals surface area contributed by atoms with E-state index in [9.17, 15) is 9.59 Å². The van der Waals surface area contributed by atoms with Crippen molar-refractivity contribution in [3.05, 3.63) is 29.8 Å². The summed E-state index contributed by atoms with van der Waals surface area (Å²) < 4.78 is 0. The average Bonchev–Trinajstić information content (AvgIpc) is 2.79. The lowest BCUT2D eigenvalue weighted by Gasteiger charge is -2.11. The maximum Gasteiger partial charge on any atom is 0.305 e. The van der Waals surface area contributed by atoms with Crippen molar-refractivity contribution in [1.82, 2.24) is 10.7 Å². The molecule has 0 aliphatic carbocycles. The molecule has 8 heteroatoms. The van der Waals surface area contributed by atoms with Crippen molar-refractivity contribution in [2.75, 3.05) is 19.0 Å². The van der Waals surface area contributed by atoms with Crippen molar-refractivity contribution < 1.29 is 14.7 Å². The third-order valence-electron chi connectivity index (χ3n) is 3.04. The molecule has 1 fully saturated rings. The number of thioether (sulfide) groups is 1.